The second-order valence-electron chi connectivity index (χ2n) is 6.71. The Kier molecular flexibility index (Phi) is 6.92. The minimum Gasteiger partial charge on any atom is -0.440 e. The number of nitrogens with one attached hydrogen (secondary N) is 1. The van der Waals surface area contributed by atoms with Gasteiger partial charge >= 0.3 is 12.3 Å². The van der Waals surface area contributed by atoms with Gasteiger partial charge in [-0.2, -0.15) is 13.2 Å². The van der Waals surface area contributed by atoms with Gasteiger partial charge in [0.1, 0.15) is 0 Å². The van der Waals surface area contributed by atoms with Crippen LogP contribution in [0.5, 0.6) is 0 Å². The summed E-state index contributed by atoms with van der Waals surface area (Å²) in [6, 6.07) is 7.81. The number of halogens is 3. The van der Waals surface area contributed by atoms with Crippen molar-refractivity contribution in [2.24, 2.45) is 5.92 Å². The molecule has 0 bridgehead atoms. The number of alkyl halides is 3. The van der Waals surface area contributed by atoms with Crippen LogP contribution in [0.3, 0.4) is 0 Å². The molecule has 1 aromatic rings. The summed E-state index contributed by atoms with van der Waals surface area (Å²) in [5.41, 5.74) is 2.04. The molecule has 1 saturated heterocycles. The van der Waals surface area contributed by atoms with E-state index in [9.17, 15) is 22.8 Å². The van der Waals surface area contributed by atoms with E-state index >= 15 is 0 Å². The number of carbonyl (C=O) groups is 2. The summed E-state index contributed by atoms with van der Waals surface area (Å²) in [4.78, 5) is 27.1. The Labute approximate surface area is 156 Å². The Morgan fingerprint density at radius 2 is 1.78 bits per heavy atom. The summed E-state index contributed by atoms with van der Waals surface area (Å²) >= 11 is 0. The van der Waals surface area contributed by atoms with Crippen LogP contribution in [0.2, 0.25) is 0 Å². The van der Waals surface area contributed by atoms with E-state index in [1.807, 2.05) is 43.3 Å². The van der Waals surface area contributed by atoms with Gasteiger partial charge < -0.3 is 19.9 Å². The quantitative estimate of drug-likeness (QED) is 0.844. The molecule has 1 fully saturated rings. The monoisotopic (exact) mass is 387 g/mol. The molecule has 150 valence electrons. The van der Waals surface area contributed by atoms with Crippen LogP contribution in [0, 0.1) is 5.92 Å². The Hall–Kier alpha value is -2.45. The predicted molar refractivity (Wildman–Crippen MR) is 94.3 cm³/mol. The third-order valence-corrected chi connectivity index (χ3v) is 4.40. The molecule has 0 spiro atoms. The van der Waals surface area contributed by atoms with Crippen molar-refractivity contribution in [1.82, 2.24) is 10.2 Å². The summed E-state index contributed by atoms with van der Waals surface area (Å²) in [5, 5.41) is 2.87. The number of anilines is 1. The first-order valence-electron chi connectivity index (χ1n) is 8.68. The van der Waals surface area contributed by atoms with Crippen LogP contribution in [0.1, 0.15) is 18.4 Å². The molecule has 1 N–H and O–H groups in total. The lowest BCUT2D eigenvalue weighted by Gasteiger charge is -2.30. The van der Waals surface area contributed by atoms with Crippen molar-refractivity contribution in [3.05, 3.63) is 29.8 Å². The van der Waals surface area contributed by atoms with Crippen LogP contribution < -0.4 is 10.2 Å². The first-order valence-corrected chi connectivity index (χ1v) is 8.68. The molecule has 0 unspecified atom stereocenters. The van der Waals surface area contributed by atoms with Crippen LogP contribution in [-0.2, 0) is 16.1 Å². The van der Waals surface area contributed by atoms with E-state index < -0.39 is 18.9 Å². The smallest absolute Gasteiger partial charge is 0.422 e. The largest absolute Gasteiger partial charge is 0.440 e. The number of hydrogen-bond acceptors (Lipinski definition) is 4. The van der Waals surface area contributed by atoms with Crippen LogP contribution in [0.25, 0.3) is 0 Å². The van der Waals surface area contributed by atoms with Crippen LogP contribution in [0.4, 0.5) is 23.7 Å². The molecule has 1 heterocycles. The number of benzene rings is 1. The van der Waals surface area contributed by atoms with E-state index in [-0.39, 0.29) is 24.9 Å². The van der Waals surface area contributed by atoms with Gasteiger partial charge in [0.25, 0.3) is 0 Å². The van der Waals surface area contributed by atoms with Crippen molar-refractivity contribution >= 4 is 17.7 Å². The standard InChI is InChI=1S/C18H24F3N3O3/c1-23(2)15-5-3-13(4-6-15)11-22-16(25)14-7-9-24(10-8-14)17(26)27-12-18(19,20)21/h3-6,14H,7-12H2,1-2H3,(H,22,25). The zero-order chi connectivity index (χ0) is 20.0. The van der Waals surface area contributed by atoms with Gasteiger partial charge in [-0.1, -0.05) is 12.1 Å². The van der Waals surface area contributed by atoms with Gasteiger partial charge in [-0.3, -0.25) is 4.79 Å². The van der Waals surface area contributed by atoms with E-state index in [4.69, 9.17) is 0 Å². The minimum absolute atomic E-state index is 0.116. The molecule has 0 saturated carbocycles. The molecule has 1 aliphatic rings. The maximum atomic E-state index is 12.3. The average Bonchev–Trinajstić information content (AvgIpc) is 2.64. The first kappa shape index (κ1) is 20.9. The fourth-order valence-electron chi connectivity index (χ4n) is 2.80. The normalized spacial score (nSPS) is 15.4. The SMILES string of the molecule is CN(C)c1ccc(CNC(=O)C2CCN(C(=O)OCC(F)(F)F)CC2)cc1. The van der Waals surface area contributed by atoms with E-state index in [0.29, 0.717) is 19.4 Å². The fraction of sp³-hybridized carbons (Fsp3) is 0.556. The molecule has 0 aromatic heterocycles. The fourth-order valence-corrected chi connectivity index (χ4v) is 2.80. The number of piperidine rings is 1. The summed E-state index contributed by atoms with van der Waals surface area (Å²) in [6.45, 7) is -0.794. The van der Waals surface area contributed by atoms with Gasteiger partial charge in [-0.25, -0.2) is 4.79 Å². The Bertz CT molecular complexity index is 639. The number of nitrogens with zero attached hydrogens (tertiary/aromatic N) is 2. The van der Waals surface area contributed by atoms with Crippen molar-refractivity contribution in [3.8, 4) is 0 Å². The Morgan fingerprint density at radius 1 is 1.19 bits per heavy atom. The van der Waals surface area contributed by atoms with Crippen LogP contribution >= 0.6 is 0 Å². The summed E-state index contributed by atoms with van der Waals surface area (Å²) in [5.74, 6) is -0.382. The molecule has 2 rings (SSSR count). The number of rotatable bonds is 5. The predicted octanol–water partition coefficient (Wildman–Crippen LogP) is 2.78. The molecule has 0 atom stereocenters. The molecule has 6 nitrogen and oxygen atoms in total. The highest BCUT2D eigenvalue weighted by molar-refractivity contribution is 5.79. The topological polar surface area (TPSA) is 61.9 Å². The van der Waals surface area contributed by atoms with Gasteiger partial charge in [0.15, 0.2) is 6.61 Å². The molecule has 27 heavy (non-hydrogen) atoms. The molecular weight excluding hydrogens is 363 g/mol. The first-order chi connectivity index (χ1) is 12.7. The molecular formula is C18H24F3N3O3. The van der Waals surface area contributed by atoms with Gasteiger partial charge in [0.2, 0.25) is 5.91 Å². The van der Waals surface area contributed by atoms with Crippen LogP contribution in [-0.4, -0.2) is 56.9 Å². The lowest BCUT2D eigenvalue weighted by Crippen LogP contribution is -2.43. The van der Waals surface area contributed by atoms with Crippen molar-refractivity contribution < 1.29 is 27.5 Å². The third kappa shape index (κ3) is 6.65. The second kappa shape index (κ2) is 8.96. The number of likely N-dealkylation sites (tertiary alicyclic amines) is 1. The minimum atomic E-state index is -4.54. The van der Waals surface area contributed by atoms with Gasteiger partial charge in [0, 0.05) is 45.3 Å². The highest BCUT2D eigenvalue weighted by atomic mass is 19.4. The molecule has 1 aromatic carbocycles. The van der Waals surface area contributed by atoms with Crippen molar-refractivity contribution in [3.63, 3.8) is 0 Å². The average molecular weight is 387 g/mol. The zero-order valence-electron chi connectivity index (χ0n) is 15.4. The highest BCUT2D eigenvalue weighted by Crippen LogP contribution is 2.20. The maximum Gasteiger partial charge on any atom is 0.422 e. The molecule has 1 aliphatic heterocycles. The number of amides is 2. The maximum absolute atomic E-state index is 12.3. The Balaban J connectivity index is 1.73. The zero-order valence-corrected chi connectivity index (χ0v) is 15.4. The van der Waals surface area contributed by atoms with Gasteiger partial charge in [-0.15, -0.1) is 0 Å². The van der Waals surface area contributed by atoms with Crippen molar-refractivity contribution in [2.45, 2.75) is 25.6 Å². The number of carbonyl (C=O) groups excluding carboxylic acids is 2. The molecule has 0 aliphatic carbocycles. The molecule has 0 radical (unpaired) electrons. The highest BCUT2D eigenvalue weighted by Gasteiger charge is 2.32. The molecule has 2 amide bonds. The lowest BCUT2D eigenvalue weighted by molar-refractivity contribution is -0.162. The number of hydrogen-bond donors (Lipinski definition) is 1. The second-order valence-corrected chi connectivity index (χ2v) is 6.71. The summed E-state index contributed by atoms with van der Waals surface area (Å²) < 4.78 is 40.5. The number of ether oxygens (including phenoxy) is 1. The van der Waals surface area contributed by atoms with E-state index in [2.05, 4.69) is 10.1 Å². The van der Waals surface area contributed by atoms with Crippen molar-refractivity contribution in [2.75, 3.05) is 38.7 Å². The van der Waals surface area contributed by atoms with E-state index in [0.717, 1.165) is 11.3 Å². The van der Waals surface area contributed by atoms with Gasteiger partial charge in [-0.05, 0) is 30.5 Å². The van der Waals surface area contributed by atoms with Crippen molar-refractivity contribution in [1.29, 1.82) is 0 Å². The Morgan fingerprint density at radius 3 is 2.30 bits per heavy atom. The third-order valence-electron chi connectivity index (χ3n) is 4.40. The molecule has 9 heteroatoms. The lowest BCUT2D eigenvalue weighted by atomic mass is 9.96. The van der Waals surface area contributed by atoms with E-state index in [1.165, 1.54) is 4.90 Å². The summed E-state index contributed by atoms with van der Waals surface area (Å²) in [6.07, 6.45) is -4.75. The van der Waals surface area contributed by atoms with Gasteiger partial charge in [0.05, 0.1) is 0 Å². The summed E-state index contributed by atoms with van der Waals surface area (Å²) in [7, 11) is 3.89. The van der Waals surface area contributed by atoms with Crippen LogP contribution in [0.15, 0.2) is 24.3 Å². The van der Waals surface area contributed by atoms with E-state index in [1.54, 1.807) is 0 Å².